The van der Waals surface area contributed by atoms with Crippen LogP contribution in [0.3, 0.4) is 0 Å². The second-order valence-corrected chi connectivity index (χ2v) is 5.08. The quantitative estimate of drug-likeness (QED) is 0.892. The highest BCUT2D eigenvalue weighted by Crippen LogP contribution is 2.19. The molecule has 0 fully saturated rings. The minimum absolute atomic E-state index is 0.0515. The Hall–Kier alpha value is -2.04. The summed E-state index contributed by atoms with van der Waals surface area (Å²) < 4.78 is 5.42. The SMILES string of the molecule is Cc1cc(Cl)ccc1NC(=O)COc1ccc(CN)cc1. The maximum atomic E-state index is 11.9. The molecule has 3 N–H and O–H groups in total. The summed E-state index contributed by atoms with van der Waals surface area (Å²) in [6.45, 7) is 2.31. The molecule has 0 unspecified atom stereocenters. The summed E-state index contributed by atoms with van der Waals surface area (Å²) in [4.78, 5) is 11.9. The van der Waals surface area contributed by atoms with Gasteiger partial charge in [0, 0.05) is 17.3 Å². The van der Waals surface area contributed by atoms with Gasteiger partial charge in [-0.25, -0.2) is 0 Å². The molecule has 5 heteroatoms. The van der Waals surface area contributed by atoms with Crippen molar-refractivity contribution < 1.29 is 9.53 Å². The molecule has 0 saturated carbocycles. The van der Waals surface area contributed by atoms with Crippen molar-refractivity contribution >= 4 is 23.2 Å². The highest BCUT2D eigenvalue weighted by molar-refractivity contribution is 6.30. The van der Waals surface area contributed by atoms with E-state index in [0.717, 1.165) is 16.8 Å². The van der Waals surface area contributed by atoms with Gasteiger partial charge in [-0.3, -0.25) is 4.79 Å². The third kappa shape index (κ3) is 4.48. The Balaban J connectivity index is 1.89. The number of nitrogens with one attached hydrogen (secondary N) is 1. The summed E-state index contributed by atoms with van der Waals surface area (Å²) >= 11 is 5.87. The van der Waals surface area contributed by atoms with Gasteiger partial charge in [-0.1, -0.05) is 23.7 Å². The lowest BCUT2D eigenvalue weighted by Crippen LogP contribution is -2.20. The number of carbonyl (C=O) groups excluding carboxylic acids is 1. The number of rotatable bonds is 5. The number of aryl methyl sites for hydroxylation is 1. The van der Waals surface area contributed by atoms with E-state index in [4.69, 9.17) is 22.1 Å². The molecule has 2 rings (SSSR count). The Labute approximate surface area is 128 Å². The number of hydrogen-bond acceptors (Lipinski definition) is 3. The average Bonchev–Trinajstić information content (AvgIpc) is 2.48. The second kappa shape index (κ2) is 7.11. The van der Waals surface area contributed by atoms with Gasteiger partial charge in [0.15, 0.2) is 6.61 Å². The van der Waals surface area contributed by atoms with Crippen molar-refractivity contribution in [1.82, 2.24) is 0 Å². The number of amides is 1. The number of ether oxygens (including phenoxy) is 1. The third-order valence-corrected chi connectivity index (χ3v) is 3.23. The predicted molar refractivity (Wildman–Crippen MR) is 84.6 cm³/mol. The van der Waals surface area contributed by atoms with Crippen LogP contribution in [0.1, 0.15) is 11.1 Å². The summed E-state index contributed by atoms with van der Waals surface area (Å²) in [5.74, 6) is 0.415. The van der Waals surface area contributed by atoms with Crippen molar-refractivity contribution in [1.29, 1.82) is 0 Å². The van der Waals surface area contributed by atoms with Crippen LogP contribution in [0.4, 0.5) is 5.69 Å². The average molecular weight is 305 g/mol. The molecule has 0 atom stereocenters. The van der Waals surface area contributed by atoms with Crippen molar-refractivity contribution in [3.8, 4) is 5.75 Å². The summed E-state index contributed by atoms with van der Waals surface area (Å²) in [5.41, 5.74) is 8.17. The first kappa shape index (κ1) is 15.4. The van der Waals surface area contributed by atoms with Crippen LogP contribution in [0.2, 0.25) is 5.02 Å². The molecule has 21 heavy (non-hydrogen) atoms. The van der Waals surface area contributed by atoms with E-state index in [-0.39, 0.29) is 12.5 Å². The van der Waals surface area contributed by atoms with Crippen molar-refractivity contribution in [2.24, 2.45) is 5.73 Å². The van der Waals surface area contributed by atoms with Crippen LogP contribution in [0, 0.1) is 6.92 Å². The molecule has 0 aliphatic rings. The number of anilines is 1. The summed E-state index contributed by atoms with van der Waals surface area (Å²) in [6.07, 6.45) is 0. The number of halogens is 1. The highest BCUT2D eigenvalue weighted by atomic mass is 35.5. The van der Waals surface area contributed by atoms with E-state index in [1.807, 2.05) is 19.1 Å². The van der Waals surface area contributed by atoms with E-state index in [0.29, 0.717) is 17.3 Å². The predicted octanol–water partition coefficient (Wildman–Crippen LogP) is 3.12. The lowest BCUT2D eigenvalue weighted by Gasteiger charge is -2.10. The second-order valence-electron chi connectivity index (χ2n) is 4.64. The molecule has 0 radical (unpaired) electrons. The molecule has 0 aliphatic carbocycles. The normalized spacial score (nSPS) is 10.2. The van der Waals surface area contributed by atoms with Crippen molar-refractivity contribution in [3.05, 3.63) is 58.6 Å². The molecule has 0 spiro atoms. The number of benzene rings is 2. The third-order valence-electron chi connectivity index (χ3n) is 2.99. The summed E-state index contributed by atoms with van der Waals surface area (Å²) in [5, 5.41) is 3.43. The molecule has 0 heterocycles. The Bertz CT molecular complexity index is 627. The molecule has 0 saturated heterocycles. The maximum Gasteiger partial charge on any atom is 0.262 e. The Morgan fingerprint density at radius 3 is 2.57 bits per heavy atom. The van der Waals surface area contributed by atoms with Crippen LogP contribution in [0.15, 0.2) is 42.5 Å². The highest BCUT2D eigenvalue weighted by Gasteiger charge is 2.06. The fourth-order valence-corrected chi connectivity index (χ4v) is 2.05. The van der Waals surface area contributed by atoms with Crippen LogP contribution in [-0.4, -0.2) is 12.5 Å². The fourth-order valence-electron chi connectivity index (χ4n) is 1.82. The van der Waals surface area contributed by atoms with E-state index in [1.54, 1.807) is 30.3 Å². The van der Waals surface area contributed by atoms with Gasteiger partial charge < -0.3 is 15.8 Å². The molecule has 0 aromatic heterocycles. The largest absolute Gasteiger partial charge is 0.484 e. The Morgan fingerprint density at radius 1 is 1.24 bits per heavy atom. The van der Waals surface area contributed by atoms with Crippen molar-refractivity contribution in [2.45, 2.75) is 13.5 Å². The monoisotopic (exact) mass is 304 g/mol. The van der Waals surface area contributed by atoms with Crippen LogP contribution >= 0.6 is 11.6 Å². The first-order valence-electron chi connectivity index (χ1n) is 6.56. The molecule has 4 nitrogen and oxygen atoms in total. The minimum Gasteiger partial charge on any atom is -0.484 e. The van der Waals surface area contributed by atoms with Gasteiger partial charge >= 0.3 is 0 Å². The summed E-state index contributed by atoms with van der Waals surface area (Å²) in [6, 6.07) is 12.6. The zero-order valence-electron chi connectivity index (χ0n) is 11.7. The van der Waals surface area contributed by atoms with Gasteiger partial charge in [0.05, 0.1) is 0 Å². The van der Waals surface area contributed by atoms with E-state index in [9.17, 15) is 4.79 Å². The standard InChI is InChI=1S/C16H17ClN2O2/c1-11-8-13(17)4-7-15(11)19-16(20)10-21-14-5-2-12(9-18)3-6-14/h2-8H,9-10,18H2,1H3,(H,19,20). The van der Waals surface area contributed by atoms with Gasteiger partial charge in [0.25, 0.3) is 5.91 Å². The zero-order valence-corrected chi connectivity index (χ0v) is 12.5. The number of hydrogen-bond donors (Lipinski definition) is 2. The maximum absolute atomic E-state index is 11.9. The van der Waals surface area contributed by atoms with Crippen molar-refractivity contribution in [2.75, 3.05) is 11.9 Å². The van der Waals surface area contributed by atoms with E-state index < -0.39 is 0 Å². The lowest BCUT2D eigenvalue weighted by atomic mass is 10.2. The first-order valence-corrected chi connectivity index (χ1v) is 6.94. The van der Waals surface area contributed by atoms with Crippen molar-refractivity contribution in [3.63, 3.8) is 0 Å². The van der Waals surface area contributed by atoms with Gasteiger partial charge in [-0.15, -0.1) is 0 Å². The fraction of sp³-hybridized carbons (Fsp3) is 0.188. The van der Waals surface area contributed by atoms with Gasteiger partial charge in [0.1, 0.15) is 5.75 Å². The molecule has 2 aromatic carbocycles. The molecule has 110 valence electrons. The van der Waals surface area contributed by atoms with Gasteiger partial charge in [0.2, 0.25) is 0 Å². The van der Waals surface area contributed by atoms with E-state index in [2.05, 4.69) is 5.32 Å². The first-order chi connectivity index (χ1) is 10.1. The molecule has 0 aliphatic heterocycles. The molecule has 1 amide bonds. The lowest BCUT2D eigenvalue weighted by molar-refractivity contribution is -0.118. The van der Waals surface area contributed by atoms with Crippen LogP contribution in [0.5, 0.6) is 5.75 Å². The van der Waals surface area contributed by atoms with E-state index >= 15 is 0 Å². The number of carbonyl (C=O) groups is 1. The van der Waals surface area contributed by atoms with Crippen LogP contribution in [0.25, 0.3) is 0 Å². The molecule has 2 aromatic rings. The van der Waals surface area contributed by atoms with Crippen LogP contribution in [-0.2, 0) is 11.3 Å². The molecule has 0 bridgehead atoms. The Morgan fingerprint density at radius 2 is 1.95 bits per heavy atom. The van der Waals surface area contributed by atoms with Crippen LogP contribution < -0.4 is 15.8 Å². The smallest absolute Gasteiger partial charge is 0.262 e. The zero-order chi connectivity index (χ0) is 15.2. The number of nitrogens with two attached hydrogens (primary N) is 1. The minimum atomic E-state index is -0.219. The van der Waals surface area contributed by atoms with Gasteiger partial charge in [-0.05, 0) is 48.4 Å². The summed E-state index contributed by atoms with van der Waals surface area (Å²) in [7, 11) is 0. The molecular formula is C16H17ClN2O2. The molecular weight excluding hydrogens is 288 g/mol. The topological polar surface area (TPSA) is 64.3 Å². The van der Waals surface area contributed by atoms with Gasteiger partial charge in [-0.2, -0.15) is 0 Å². The van der Waals surface area contributed by atoms with E-state index in [1.165, 1.54) is 0 Å². The Kier molecular flexibility index (Phi) is 5.20.